The van der Waals surface area contributed by atoms with Gasteiger partial charge in [0.15, 0.2) is 5.82 Å². The van der Waals surface area contributed by atoms with E-state index in [9.17, 15) is 0 Å². The van der Waals surface area contributed by atoms with Crippen molar-refractivity contribution in [3.05, 3.63) is 169 Å². The third kappa shape index (κ3) is 4.88. The number of fused-ring (bicyclic) bond motifs is 5. The van der Waals surface area contributed by atoms with Crippen LogP contribution >= 0.6 is 0 Å². The molecule has 0 unspecified atom stereocenters. The predicted octanol–water partition coefficient (Wildman–Crippen LogP) is 12.0. The lowest BCUT2D eigenvalue weighted by atomic mass is 9.66. The van der Waals surface area contributed by atoms with Gasteiger partial charge in [-0.2, -0.15) is 0 Å². The molecule has 0 saturated heterocycles. The smallest absolute Gasteiger partial charge is 0.160 e. The van der Waals surface area contributed by atoms with E-state index >= 15 is 0 Å². The SMILES string of the molecule is c1ccc(-c2cc(-c3ccccc3)nc(-c3cccc(-c4ccc(-c5cccc6c5C5(CCCCC5)c5ccccc5-6)cc4)c3)n2)cc1. The van der Waals surface area contributed by atoms with Gasteiger partial charge in [-0.25, -0.2) is 9.97 Å². The zero-order chi connectivity index (χ0) is 31.9. The molecule has 0 aliphatic heterocycles. The van der Waals surface area contributed by atoms with Gasteiger partial charge in [0.05, 0.1) is 11.4 Å². The first-order valence-corrected chi connectivity index (χ1v) is 17.2. The highest BCUT2D eigenvalue weighted by atomic mass is 14.9. The summed E-state index contributed by atoms with van der Waals surface area (Å²) in [4.78, 5) is 10.1. The number of hydrogen-bond donors (Lipinski definition) is 0. The number of nitrogens with zero attached hydrogens (tertiary/aromatic N) is 2. The van der Waals surface area contributed by atoms with Crippen LogP contribution in [0.3, 0.4) is 0 Å². The second-order valence-corrected chi connectivity index (χ2v) is 13.3. The van der Waals surface area contributed by atoms with E-state index in [2.05, 4.69) is 146 Å². The average molecular weight is 617 g/mol. The normalized spacial score (nSPS) is 14.4. The Kier molecular flexibility index (Phi) is 7.08. The van der Waals surface area contributed by atoms with Gasteiger partial charge in [-0.05, 0) is 69.5 Å². The summed E-state index contributed by atoms with van der Waals surface area (Å²) in [6.07, 6.45) is 6.39. The van der Waals surface area contributed by atoms with E-state index in [4.69, 9.17) is 9.97 Å². The molecule has 1 fully saturated rings. The second-order valence-electron chi connectivity index (χ2n) is 13.3. The average Bonchev–Trinajstić information content (AvgIpc) is 3.44. The Balaban J connectivity index is 1.09. The maximum atomic E-state index is 5.07. The first-order chi connectivity index (χ1) is 23.8. The van der Waals surface area contributed by atoms with Gasteiger partial charge >= 0.3 is 0 Å². The molecule has 2 heteroatoms. The number of rotatable bonds is 5. The van der Waals surface area contributed by atoms with Crippen LogP contribution in [0.2, 0.25) is 0 Å². The zero-order valence-corrected chi connectivity index (χ0v) is 26.9. The fraction of sp³-hybridized carbons (Fsp3) is 0.130. The molecule has 0 bridgehead atoms. The van der Waals surface area contributed by atoms with Crippen molar-refractivity contribution in [2.45, 2.75) is 37.5 Å². The summed E-state index contributed by atoms with van der Waals surface area (Å²) in [5.74, 6) is 0.728. The van der Waals surface area contributed by atoms with Crippen LogP contribution < -0.4 is 0 Å². The molecule has 2 aliphatic rings. The van der Waals surface area contributed by atoms with Crippen LogP contribution in [-0.4, -0.2) is 9.97 Å². The number of hydrogen-bond acceptors (Lipinski definition) is 2. The van der Waals surface area contributed by atoms with Crippen molar-refractivity contribution in [1.82, 2.24) is 9.97 Å². The third-order valence-corrected chi connectivity index (χ3v) is 10.5. The van der Waals surface area contributed by atoms with Crippen LogP contribution in [0.25, 0.3) is 67.3 Å². The molecule has 7 aromatic rings. The minimum atomic E-state index is 0.126. The number of aromatic nitrogens is 2. The fourth-order valence-electron chi connectivity index (χ4n) is 8.25. The van der Waals surface area contributed by atoms with Crippen LogP contribution in [0, 0.1) is 0 Å². The van der Waals surface area contributed by atoms with Crippen molar-refractivity contribution in [3.8, 4) is 67.3 Å². The van der Waals surface area contributed by atoms with Crippen LogP contribution in [0.1, 0.15) is 43.2 Å². The molecule has 0 atom stereocenters. The van der Waals surface area contributed by atoms with Gasteiger partial charge in [-0.3, -0.25) is 0 Å². The van der Waals surface area contributed by atoms with Gasteiger partial charge < -0.3 is 0 Å². The lowest BCUT2D eigenvalue weighted by Crippen LogP contribution is -2.28. The molecular weight excluding hydrogens is 581 g/mol. The van der Waals surface area contributed by atoms with Gasteiger partial charge in [-0.1, -0.05) is 165 Å². The molecular formula is C46H36N2. The van der Waals surface area contributed by atoms with E-state index in [-0.39, 0.29) is 5.41 Å². The molecule has 2 nitrogen and oxygen atoms in total. The van der Waals surface area contributed by atoms with E-state index in [1.165, 1.54) is 65.5 Å². The zero-order valence-electron chi connectivity index (χ0n) is 26.9. The van der Waals surface area contributed by atoms with Crippen molar-refractivity contribution in [2.75, 3.05) is 0 Å². The number of benzene rings is 6. The highest BCUT2D eigenvalue weighted by Gasteiger charge is 2.45. The summed E-state index contributed by atoms with van der Waals surface area (Å²) in [7, 11) is 0. The molecule has 0 N–H and O–H groups in total. The summed E-state index contributed by atoms with van der Waals surface area (Å²) in [5.41, 5.74) is 16.1. The van der Waals surface area contributed by atoms with E-state index in [0.29, 0.717) is 0 Å². The Morgan fingerprint density at radius 1 is 0.375 bits per heavy atom. The molecule has 0 radical (unpaired) electrons. The Morgan fingerprint density at radius 2 is 0.917 bits per heavy atom. The molecule has 48 heavy (non-hydrogen) atoms. The minimum absolute atomic E-state index is 0.126. The Morgan fingerprint density at radius 3 is 1.62 bits per heavy atom. The van der Waals surface area contributed by atoms with Gasteiger partial charge in [0.1, 0.15) is 0 Å². The van der Waals surface area contributed by atoms with Crippen molar-refractivity contribution in [3.63, 3.8) is 0 Å². The maximum absolute atomic E-state index is 5.07. The standard InChI is InChI=1S/C46H36N2/c1-4-14-34(15-5-1)42-31-43(35-16-6-2-7-17-35)48-45(47-42)37-19-12-18-36(30-37)32-24-26-33(27-25-32)38-21-13-22-40-39-20-8-9-23-41(39)46(44(38)40)28-10-3-11-29-46/h1-2,4-9,12-27,30-31H,3,10-11,28-29H2. The summed E-state index contributed by atoms with van der Waals surface area (Å²) < 4.78 is 0. The maximum Gasteiger partial charge on any atom is 0.160 e. The minimum Gasteiger partial charge on any atom is -0.228 e. The van der Waals surface area contributed by atoms with Gasteiger partial charge in [0.25, 0.3) is 0 Å². The highest BCUT2D eigenvalue weighted by Crippen LogP contribution is 2.58. The van der Waals surface area contributed by atoms with E-state index < -0.39 is 0 Å². The van der Waals surface area contributed by atoms with E-state index in [1.54, 1.807) is 5.56 Å². The third-order valence-electron chi connectivity index (χ3n) is 10.5. The summed E-state index contributed by atoms with van der Waals surface area (Å²) >= 11 is 0. The van der Waals surface area contributed by atoms with Crippen molar-refractivity contribution < 1.29 is 0 Å². The second kappa shape index (κ2) is 11.9. The molecule has 0 amide bonds. The van der Waals surface area contributed by atoms with Crippen LogP contribution in [-0.2, 0) is 5.41 Å². The van der Waals surface area contributed by atoms with E-state index in [1.807, 2.05) is 12.1 Å². The van der Waals surface area contributed by atoms with Crippen LogP contribution in [0.15, 0.2) is 158 Å². The summed E-state index contributed by atoms with van der Waals surface area (Å²) in [5, 5.41) is 0. The van der Waals surface area contributed by atoms with E-state index in [0.717, 1.165) is 39.5 Å². The predicted molar refractivity (Wildman–Crippen MR) is 199 cm³/mol. The molecule has 1 aromatic heterocycles. The quantitative estimate of drug-likeness (QED) is 0.192. The van der Waals surface area contributed by atoms with Gasteiger partial charge in [0.2, 0.25) is 0 Å². The topological polar surface area (TPSA) is 25.8 Å². The molecule has 6 aromatic carbocycles. The van der Waals surface area contributed by atoms with Gasteiger partial charge in [-0.15, -0.1) is 0 Å². The van der Waals surface area contributed by atoms with Crippen molar-refractivity contribution in [2.24, 2.45) is 0 Å². The fourth-order valence-corrected chi connectivity index (χ4v) is 8.25. The van der Waals surface area contributed by atoms with Crippen LogP contribution in [0.5, 0.6) is 0 Å². The molecule has 2 aliphatic carbocycles. The molecule has 9 rings (SSSR count). The van der Waals surface area contributed by atoms with Crippen molar-refractivity contribution in [1.29, 1.82) is 0 Å². The lowest BCUT2D eigenvalue weighted by Gasteiger charge is -2.37. The molecule has 230 valence electrons. The monoisotopic (exact) mass is 616 g/mol. The Hall–Kier alpha value is -5.60. The first-order valence-electron chi connectivity index (χ1n) is 17.2. The van der Waals surface area contributed by atoms with Crippen LogP contribution in [0.4, 0.5) is 0 Å². The Bertz CT molecular complexity index is 2190. The summed E-state index contributed by atoms with van der Waals surface area (Å²) in [6, 6.07) is 56.7. The van der Waals surface area contributed by atoms with Gasteiger partial charge in [0, 0.05) is 22.1 Å². The highest BCUT2D eigenvalue weighted by molar-refractivity contribution is 5.89. The Labute approximate surface area is 282 Å². The van der Waals surface area contributed by atoms with Crippen molar-refractivity contribution >= 4 is 0 Å². The summed E-state index contributed by atoms with van der Waals surface area (Å²) in [6.45, 7) is 0. The lowest BCUT2D eigenvalue weighted by molar-refractivity contribution is 0.353. The molecule has 1 spiro atoms. The molecule has 1 heterocycles. The first kappa shape index (κ1) is 28.6. The molecule has 1 saturated carbocycles. The largest absolute Gasteiger partial charge is 0.228 e.